The van der Waals surface area contributed by atoms with Gasteiger partial charge in [-0.3, -0.25) is 4.68 Å². The minimum atomic E-state index is 0.605. The molecule has 19 heavy (non-hydrogen) atoms. The molecule has 0 aliphatic heterocycles. The van der Waals surface area contributed by atoms with E-state index in [0.29, 0.717) is 11.1 Å². The smallest absolute Gasteiger partial charge is 0.158 e. The number of halogens is 1. The number of hydrogen-bond acceptors (Lipinski definition) is 3. The van der Waals surface area contributed by atoms with E-state index < -0.39 is 0 Å². The van der Waals surface area contributed by atoms with Crippen molar-refractivity contribution in [2.45, 2.75) is 38.5 Å². The third kappa shape index (κ3) is 2.92. The Bertz CT molecular complexity index is 560. The van der Waals surface area contributed by atoms with E-state index in [2.05, 4.69) is 22.8 Å². The second kappa shape index (κ2) is 6.18. The van der Waals surface area contributed by atoms with Gasteiger partial charge in [-0.2, -0.15) is 16.9 Å². The van der Waals surface area contributed by atoms with Crippen molar-refractivity contribution in [1.29, 1.82) is 0 Å². The van der Waals surface area contributed by atoms with Crippen LogP contribution in [0, 0.1) is 6.92 Å². The summed E-state index contributed by atoms with van der Waals surface area (Å²) in [6, 6.07) is 0. The summed E-state index contributed by atoms with van der Waals surface area (Å²) in [5.41, 5.74) is 3.12. The van der Waals surface area contributed by atoms with Crippen LogP contribution in [0.15, 0.2) is 0 Å². The molecule has 0 aliphatic carbocycles. The third-order valence-electron chi connectivity index (χ3n) is 3.45. The van der Waals surface area contributed by atoms with Crippen LogP contribution in [0.25, 0.3) is 11.2 Å². The molecule has 2 heterocycles. The predicted molar refractivity (Wildman–Crippen MR) is 83.3 cm³/mol. The van der Waals surface area contributed by atoms with E-state index >= 15 is 0 Å². The molecule has 0 radical (unpaired) electrons. The van der Waals surface area contributed by atoms with Gasteiger partial charge in [0.05, 0.1) is 5.69 Å². The Labute approximate surface area is 123 Å². The van der Waals surface area contributed by atoms with E-state index in [1.54, 1.807) is 0 Å². The number of fused-ring (bicyclic) bond motifs is 1. The van der Waals surface area contributed by atoms with Gasteiger partial charge in [0.25, 0.3) is 0 Å². The van der Waals surface area contributed by atoms with Gasteiger partial charge in [-0.15, -0.1) is 11.6 Å². The van der Waals surface area contributed by atoms with E-state index in [0.717, 1.165) is 42.1 Å². The Hall–Kier alpha value is -0.680. The Morgan fingerprint density at radius 3 is 2.79 bits per heavy atom. The van der Waals surface area contributed by atoms with Crippen LogP contribution >= 0.6 is 23.4 Å². The van der Waals surface area contributed by atoms with Crippen molar-refractivity contribution in [2.75, 3.05) is 12.1 Å². The number of imidazole rings is 1. The van der Waals surface area contributed by atoms with Crippen LogP contribution in [0.1, 0.15) is 24.9 Å². The number of rotatable bonds is 6. The van der Waals surface area contributed by atoms with Crippen molar-refractivity contribution < 1.29 is 0 Å². The normalized spacial score (nSPS) is 13.3. The van der Waals surface area contributed by atoms with Gasteiger partial charge in [0, 0.05) is 31.1 Å². The molecule has 4 nitrogen and oxygen atoms in total. The van der Waals surface area contributed by atoms with Crippen LogP contribution in [-0.4, -0.2) is 36.7 Å². The summed E-state index contributed by atoms with van der Waals surface area (Å²) in [4.78, 5) is 4.71. The minimum Gasteiger partial charge on any atom is -0.313 e. The van der Waals surface area contributed by atoms with Gasteiger partial charge in [0.2, 0.25) is 0 Å². The maximum Gasteiger partial charge on any atom is 0.158 e. The van der Waals surface area contributed by atoms with Crippen LogP contribution in [0.2, 0.25) is 0 Å². The van der Waals surface area contributed by atoms with Gasteiger partial charge >= 0.3 is 0 Å². The molecule has 6 heteroatoms. The molecule has 2 aromatic heterocycles. The van der Waals surface area contributed by atoms with Gasteiger partial charge in [-0.1, -0.05) is 6.92 Å². The Balaban J connectivity index is 2.39. The van der Waals surface area contributed by atoms with E-state index in [1.807, 2.05) is 30.4 Å². The van der Waals surface area contributed by atoms with Crippen LogP contribution in [-0.2, 0) is 20.0 Å². The SMILES string of the molecule is CSC(C)CCn1c(CCCl)nc2c(C)nn(C)c21. The van der Waals surface area contributed by atoms with Crippen molar-refractivity contribution in [3.63, 3.8) is 0 Å². The second-order valence-corrected chi connectivity index (χ2v) is 6.49. The van der Waals surface area contributed by atoms with Crippen molar-refractivity contribution >= 4 is 34.5 Å². The van der Waals surface area contributed by atoms with Crippen LogP contribution in [0.5, 0.6) is 0 Å². The van der Waals surface area contributed by atoms with E-state index in [-0.39, 0.29) is 0 Å². The Kier molecular flexibility index (Phi) is 4.79. The van der Waals surface area contributed by atoms with Crippen LogP contribution < -0.4 is 0 Å². The molecule has 2 aromatic rings. The standard InChI is InChI=1S/C13H21ClN4S/c1-9(19-4)6-8-18-11(5-7-14)15-12-10(2)16-17(3)13(12)18/h9H,5-8H2,1-4H3. The largest absolute Gasteiger partial charge is 0.313 e. The van der Waals surface area contributed by atoms with Crippen molar-refractivity contribution in [3.05, 3.63) is 11.5 Å². The van der Waals surface area contributed by atoms with Gasteiger partial charge < -0.3 is 4.57 Å². The number of alkyl halides is 1. The summed E-state index contributed by atoms with van der Waals surface area (Å²) in [6.07, 6.45) is 4.09. The number of nitrogens with zero attached hydrogens (tertiary/aromatic N) is 4. The summed E-state index contributed by atoms with van der Waals surface area (Å²) in [6.45, 7) is 5.24. The maximum atomic E-state index is 5.89. The van der Waals surface area contributed by atoms with E-state index in [4.69, 9.17) is 16.6 Å². The first-order valence-electron chi connectivity index (χ1n) is 6.56. The fraction of sp³-hybridized carbons (Fsp3) is 0.692. The molecule has 0 fully saturated rings. The van der Waals surface area contributed by atoms with Gasteiger partial charge in [-0.05, 0) is 19.6 Å². The first-order chi connectivity index (χ1) is 9.08. The zero-order chi connectivity index (χ0) is 14.0. The zero-order valence-electron chi connectivity index (χ0n) is 12.0. The molecule has 0 bridgehead atoms. The summed E-state index contributed by atoms with van der Waals surface area (Å²) < 4.78 is 4.21. The molecule has 0 amide bonds. The molecule has 0 spiro atoms. The van der Waals surface area contributed by atoms with E-state index in [9.17, 15) is 0 Å². The van der Waals surface area contributed by atoms with Gasteiger partial charge in [0.1, 0.15) is 11.3 Å². The average molecular weight is 301 g/mol. The molecule has 2 rings (SSSR count). The predicted octanol–water partition coefficient (Wildman–Crippen LogP) is 3.00. The topological polar surface area (TPSA) is 35.6 Å². The monoisotopic (exact) mass is 300 g/mol. The first-order valence-corrected chi connectivity index (χ1v) is 8.38. The number of hydrogen-bond donors (Lipinski definition) is 0. The lowest BCUT2D eigenvalue weighted by molar-refractivity contribution is 0.607. The van der Waals surface area contributed by atoms with Crippen LogP contribution in [0.3, 0.4) is 0 Å². The van der Waals surface area contributed by atoms with Gasteiger partial charge in [0.15, 0.2) is 5.65 Å². The molecular weight excluding hydrogens is 280 g/mol. The lowest BCUT2D eigenvalue weighted by atomic mass is 10.3. The highest BCUT2D eigenvalue weighted by atomic mass is 35.5. The van der Waals surface area contributed by atoms with Crippen molar-refractivity contribution in [3.8, 4) is 0 Å². The van der Waals surface area contributed by atoms with E-state index in [1.165, 1.54) is 0 Å². The number of aryl methyl sites for hydroxylation is 4. The molecule has 0 N–H and O–H groups in total. The Morgan fingerprint density at radius 2 is 2.16 bits per heavy atom. The number of thioether (sulfide) groups is 1. The average Bonchev–Trinajstić information content (AvgIpc) is 2.87. The minimum absolute atomic E-state index is 0.605. The molecule has 0 aromatic carbocycles. The van der Waals surface area contributed by atoms with Crippen molar-refractivity contribution in [2.24, 2.45) is 7.05 Å². The Morgan fingerprint density at radius 1 is 1.42 bits per heavy atom. The first kappa shape index (κ1) is 14.7. The van der Waals surface area contributed by atoms with Crippen molar-refractivity contribution in [1.82, 2.24) is 19.3 Å². The second-order valence-electron chi connectivity index (χ2n) is 4.83. The molecule has 1 unspecified atom stereocenters. The maximum absolute atomic E-state index is 5.89. The molecule has 0 saturated carbocycles. The molecule has 106 valence electrons. The summed E-state index contributed by atoms with van der Waals surface area (Å²) >= 11 is 7.79. The lowest BCUT2D eigenvalue weighted by Crippen LogP contribution is -2.11. The van der Waals surface area contributed by atoms with Crippen LogP contribution in [0.4, 0.5) is 0 Å². The molecular formula is C13H21ClN4S. The zero-order valence-corrected chi connectivity index (χ0v) is 13.6. The number of aromatic nitrogens is 4. The lowest BCUT2D eigenvalue weighted by Gasteiger charge is -2.12. The summed E-state index contributed by atoms with van der Waals surface area (Å²) in [7, 11) is 1.98. The fourth-order valence-corrected chi connectivity index (χ4v) is 2.83. The molecule has 0 saturated heterocycles. The highest BCUT2D eigenvalue weighted by molar-refractivity contribution is 7.99. The summed E-state index contributed by atoms with van der Waals surface area (Å²) in [5, 5.41) is 5.10. The highest BCUT2D eigenvalue weighted by Crippen LogP contribution is 2.21. The van der Waals surface area contributed by atoms with Gasteiger partial charge in [-0.25, -0.2) is 4.98 Å². The summed E-state index contributed by atoms with van der Waals surface area (Å²) in [5.74, 6) is 1.68. The fourth-order valence-electron chi connectivity index (χ4n) is 2.32. The third-order valence-corrected chi connectivity index (χ3v) is 4.68. The highest BCUT2D eigenvalue weighted by Gasteiger charge is 2.17. The molecule has 0 aliphatic rings. The quantitative estimate of drug-likeness (QED) is 0.769. The molecule has 1 atom stereocenters.